The van der Waals surface area contributed by atoms with Crippen molar-refractivity contribution < 1.29 is 22.7 Å². The molecule has 2 aromatic rings. The van der Waals surface area contributed by atoms with E-state index in [0.717, 1.165) is 11.0 Å². The predicted octanol–water partition coefficient (Wildman–Crippen LogP) is 1.50. The van der Waals surface area contributed by atoms with Crippen LogP contribution in [0.3, 0.4) is 0 Å². The van der Waals surface area contributed by atoms with Gasteiger partial charge in [-0.1, -0.05) is 42.5 Å². The zero-order valence-electron chi connectivity index (χ0n) is 15.0. The molecule has 0 saturated heterocycles. The van der Waals surface area contributed by atoms with E-state index in [1.54, 1.807) is 18.2 Å². The number of amides is 2. The lowest BCUT2D eigenvalue weighted by Gasteiger charge is -2.27. The lowest BCUT2D eigenvalue weighted by atomic mass is 10.1. The molecular weight excluding hydrogens is 380 g/mol. The summed E-state index contributed by atoms with van der Waals surface area (Å²) in [5.74, 6) is -1.01. The van der Waals surface area contributed by atoms with Crippen molar-refractivity contribution in [3.63, 3.8) is 0 Å². The molecule has 3 rings (SSSR count). The number of para-hydroxylation sites is 1. The van der Waals surface area contributed by atoms with E-state index in [9.17, 15) is 18.0 Å². The molecule has 1 atom stereocenters. The smallest absolute Gasteiger partial charge is 0.261 e. The van der Waals surface area contributed by atoms with Crippen LogP contribution in [0.15, 0.2) is 66.1 Å². The van der Waals surface area contributed by atoms with Gasteiger partial charge in [0, 0.05) is 12.0 Å². The van der Waals surface area contributed by atoms with Gasteiger partial charge in [-0.2, -0.15) is 0 Å². The number of benzene rings is 2. The molecule has 8 heteroatoms. The quantitative estimate of drug-likeness (QED) is 0.758. The zero-order valence-corrected chi connectivity index (χ0v) is 15.8. The van der Waals surface area contributed by atoms with Crippen LogP contribution in [0.5, 0.6) is 5.75 Å². The van der Waals surface area contributed by atoms with Gasteiger partial charge >= 0.3 is 0 Å². The molecule has 0 unspecified atom stereocenters. The largest absolute Gasteiger partial charge is 0.483 e. The van der Waals surface area contributed by atoms with Crippen molar-refractivity contribution in [1.82, 2.24) is 4.90 Å². The van der Waals surface area contributed by atoms with Crippen molar-refractivity contribution >= 4 is 21.7 Å². The number of carbonyl (C=O) groups excluding carboxylic acids is 2. The summed E-state index contributed by atoms with van der Waals surface area (Å²) in [5, 5.41) is 1.13. The number of sulfone groups is 1. The Balaban J connectivity index is 1.77. The standard InChI is InChI=1S/C20H20N2O5S/c21-20(24)17-8-4-5-9-18(17)27-13-19(23)22(12-15-6-2-1-3-7-15)16-10-11-28(25,26)14-16/h1-11,16H,12-14H2,(H2,21,24)/t16-/m0/s1. The highest BCUT2D eigenvalue weighted by molar-refractivity contribution is 7.94. The maximum absolute atomic E-state index is 12.9. The SMILES string of the molecule is NC(=O)c1ccccc1OCC(=O)N(Cc1ccccc1)[C@H]1C=CS(=O)(=O)C1. The maximum atomic E-state index is 12.9. The summed E-state index contributed by atoms with van der Waals surface area (Å²) in [5.41, 5.74) is 6.36. The molecule has 7 nitrogen and oxygen atoms in total. The van der Waals surface area contributed by atoms with Crippen LogP contribution < -0.4 is 10.5 Å². The molecule has 28 heavy (non-hydrogen) atoms. The van der Waals surface area contributed by atoms with Crippen LogP contribution in [0.2, 0.25) is 0 Å². The second-order valence-corrected chi connectivity index (χ2v) is 8.31. The number of nitrogens with zero attached hydrogens (tertiary/aromatic N) is 1. The Bertz CT molecular complexity index is 1000. The molecule has 0 bridgehead atoms. The Morgan fingerprint density at radius 1 is 1.07 bits per heavy atom. The summed E-state index contributed by atoms with van der Waals surface area (Å²) in [6.07, 6.45) is 1.51. The number of ether oxygens (including phenoxy) is 1. The molecule has 0 radical (unpaired) electrons. The van der Waals surface area contributed by atoms with Gasteiger partial charge in [-0.3, -0.25) is 9.59 Å². The molecule has 0 saturated carbocycles. The van der Waals surface area contributed by atoms with Crippen LogP contribution in [0, 0.1) is 0 Å². The van der Waals surface area contributed by atoms with Gasteiger partial charge in [0.1, 0.15) is 5.75 Å². The maximum Gasteiger partial charge on any atom is 0.261 e. The van der Waals surface area contributed by atoms with Crippen molar-refractivity contribution in [2.75, 3.05) is 12.4 Å². The number of primary amides is 1. The summed E-state index contributed by atoms with van der Waals surface area (Å²) in [6, 6.07) is 15.1. The first-order valence-corrected chi connectivity index (χ1v) is 10.3. The van der Waals surface area contributed by atoms with E-state index in [0.29, 0.717) is 0 Å². The Labute approximate surface area is 163 Å². The second kappa shape index (κ2) is 8.26. The van der Waals surface area contributed by atoms with E-state index in [-0.39, 0.29) is 30.2 Å². The highest BCUT2D eigenvalue weighted by Crippen LogP contribution is 2.20. The third-order valence-electron chi connectivity index (χ3n) is 4.33. The van der Waals surface area contributed by atoms with E-state index in [2.05, 4.69) is 0 Å². The average Bonchev–Trinajstić information content (AvgIpc) is 3.04. The van der Waals surface area contributed by atoms with Crippen LogP contribution in [-0.4, -0.2) is 43.5 Å². The number of rotatable bonds is 7. The van der Waals surface area contributed by atoms with E-state index < -0.39 is 27.7 Å². The highest BCUT2D eigenvalue weighted by atomic mass is 32.2. The Morgan fingerprint density at radius 2 is 1.75 bits per heavy atom. The molecule has 1 heterocycles. The summed E-state index contributed by atoms with van der Waals surface area (Å²) < 4.78 is 29.1. The van der Waals surface area contributed by atoms with Crippen LogP contribution >= 0.6 is 0 Å². The molecule has 2 N–H and O–H groups in total. The van der Waals surface area contributed by atoms with Gasteiger partial charge in [0.2, 0.25) is 0 Å². The van der Waals surface area contributed by atoms with E-state index in [1.165, 1.54) is 17.0 Å². The van der Waals surface area contributed by atoms with Gasteiger partial charge in [0.25, 0.3) is 11.8 Å². The monoisotopic (exact) mass is 400 g/mol. The third kappa shape index (κ3) is 4.77. The van der Waals surface area contributed by atoms with Crippen LogP contribution in [0.1, 0.15) is 15.9 Å². The van der Waals surface area contributed by atoms with Gasteiger partial charge in [-0.25, -0.2) is 8.42 Å². The van der Waals surface area contributed by atoms with Gasteiger partial charge < -0.3 is 15.4 Å². The van der Waals surface area contributed by atoms with Crippen LogP contribution in [0.4, 0.5) is 0 Å². The van der Waals surface area contributed by atoms with Crippen molar-refractivity contribution in [2.24, 2.45) is 5.73 Å². The molecular formula is C20H20N2O5S. The minimum absolute atomic E-state index is 0.163. The first-order valence-electron chi connectivity index (χ1n) is 8.62. The van der Waals surface area contributed by atoms with Crippen molar-refractivity contribution in [3.8, 4) is 5.75 Å². The molecule has 0 spiro atoms. The number of nitrogens with two attached hydrogens (primary N) is 1. The van der Waals surface area contributed by atoms with Crippen molar-refractivity contribution in [3.05, 3.63) is 77.2 Å². The molecule has 0 aliphatic carbocycles. The predicted molar refractivity (Wildman–Crippen MR) is 104 cm³/mol. The highest BCUT2D eigenvalue weighted by Gasteiger charge is 2.30. The molecule has 1 aliphatic heterocycles. The summed E-state index contributed by atoms with van der Waals surface area (Å²) in [6.45, 7) is -0.105. The molecule has 2 aromatic carbocycles. The molecule has 0 fully saturated rings. The van der Waals surface area contributed by atoms with E-state index >= 15 is 0 Å². The second-order valence-electron chi connectivity index (χ2n) is 6.38. The zero-order chi connectivity index (χ0) is 20.1. The van der Waals surface area contributed by atoms with Gasteiger partial charge in [-0.05, 0) is 23.8 Å². The van der Waals surface area contributed by atoms with E-state index in [4.69, 9.17) is 10.5 Å². The van der Waals surface area contributed by atoms with Crippen molar-refractivity contribution in [2.45, 2.75) is 12.6 Å². The number of hydrogen-bond donors (Lipinski definition) is 1. The van der Waals surface area contributed by atoms with Crippen LogP contribution in [-0.2, 0) is 21.2 Å². The first-order chi connectivity index (χ1) is 13.4. The Morgan fingerprint density at radius 3 is 2.39 bits per heavy atom. The lowest BCUT2D eigenvalue weighted by molar-refractivity contribution is -0.135. The molecule has 1 aliphatic rings. The third-order valence-corrected chi connectivity index (χ3v) is 5.71. The van der Waals surface area contributed by atoms with Crippen molar-refractivity contribution in [1.29, 1.82) is 0 Å². The Kier molecular flexibility index (Phi) is 5.79. The fraction of sp³-hybridized carbons (Fsp3) is 0.200. The number of carbonyl (C=O) groups is 2. The van der Waals surface area contributed by atoms with E-state index in [1.807, 2.05) is 30.3 Å². The van der Waals surface area contributed by atoms with Gasteiger partial charge in [0.15, 0.2) is 16.4 Å². The first kappa shape index (κ1) is 19.6. The van der Waals surface area contributed by atoms with Gasteiger partial charge in [0.05, 0.1) is 17.4 Å². The minimum Gasteiger partial charge on any atom is -0.483 e. The molecule has 0 aromatic heterocycles. The minimum atomic E-state index is -3.33. The summed E-state index contributed by atoms with van der Waals surface area (Å²) in [4.78, 5) is 25.8. The van der Waals surface area contributed by atoms with Gasteiger partial charge in [-0.15, -0.1) is 0 Å². The topological polar surface area (TPSA) is 107 Å². The Hall–Kier alpha value is -3.13. The summed E-state index contributed by atoms with van der Waals surface area (Å²) in [7, 11) is -3.33. The fourth-order valence-electron chi connectivity index (χ4n) is 2.94. The normalized spacial score (nSPS) is 17.2. The molecule has 2 amide bonds. The lowest BCUT2D eigenvalue weighted by Crippen LogP contribution is -2.43. The van der Waals surface area contributed by atoms with Crippen LogP contribution in [0.25, 0.3) is 0 Å². The number of hydrogen-bond acceptors (Lipinski definition) is 5. The average molecular weight is 400 g/mol. The fourth-order valence-corrected chi connectivity index (χ4v) is 4.24. The molecule has 146 valence electrons. The summed E-state index contributed by atoms with van der Waals surface area (Å²) >= 11 is 0.